The molecule has 2 heterocycles. The highest BCUT2D eigenvalue weighted by Gasteiger charge is 2.22. The molecule has 1 aromatic rings. The highest BCUT2D eigenvalue weighted by atomic mass is 32.2. The highest BCUT2D eigenvalue weighted by molar-refractivity contribution is 7.98. The molecule has 6 heteroatoms. The van der Waals surface area contributed by atoms with Crippen LogP contribution >= 0.6 is 11.8 Å². The first-order valence-corrected chi connectivity index (χ1v) is 7.68. The number of rotatable bonds is 3. The summed E-state index contributed by atoms with van der Waals surface area (Å²) in [6.07, 6.45) is 3.57. The summed E-state index contributed by atoms with van der Waals surface area (Å²) < 4.78 is 0. The van der Waals surface area contributed by atoms with Gasteiger partial charge in [-0.15, -0.1) is 0 Å². The van der Waals surface area contributed by atoms with Crippen molar-refractivity contribution in [2.75, 3.05) is 37.3 Å². The molecule has 0 N–H and O–H groups in total. The molecule has 2 rings (SSSR count). The predicted octanol–water partition coefficient (Wildman–Crippen LogP) is 1.60. The van der Waals surface area contributed by atoms with Gasteiger partial charge < -0.3 is 4.90 Å². The molecule has 0 unspecified atom stereocenters. The molecular weight excluding hydrogens is 258 g/mol. The Morgan fingerprint density at radius 1 is 1.32 bits per heavy atom. The van der Waals surface area contributed by atoms with Gasteiger partial charge in [-0.1, -0.05) is 11.8 Å². The van der Waals surface area contributed by atoms with E-state index in [0.717, 1.165) is 37.2 Å². The second-order valence-corrected chi connectivity index (χ2v) is 5.60. The van der Waals surface area contributed by atoms with E-state index in [9.17, 15) is 5.26 Å². The molecule has 0 amide bonds. The van der Waals surface area contributed by atoms with Gasteiger partial charge in [0.05, 0.1) is 6.20 Å². The zero-order chi connectivity index (χ0) is 13.8. The Morgan fingerprint density at radius 2 is 2.00 bits per heavy atom. The lowest BCUT2D eigenvalue weighted by Crippen LogP contribution is -2.49. The fourth-order valence-corrected chi connectivity index (χ4v) is 2.56. The Bertz CT molecular complexity index is 474. The minimum absolute atomic E-state index is 0.566. The molecule has 0 saturated carbocycles. The van der Waals surface area contributed by atoms with E-state index in [0.29, 0.717) is 11.6 Å². The molecule has 1 aromatic heterocycles. The lowest BCUT2D eigenvalue weighted by atomic mass is 10.2. The second-order valence-electron chi connectivity index (χ2n) is 4.82. The maximum atomic E-state index is 9.18. The average molecular weight is 277 g/mol. The number of anilines is 1. The van der Waals surface area contributed by atoms with Crippen LogP contribution in [0.15, 0.2) is 11.4 Å². The van der Waals surface area contributed by atoms with Crippen LogP contribution in [-0.2, 0) is 0 Å². The second kappa shape index (κ2) is 6.22. The van der Waals surface area contributed by atoms with Crippen molar-refractivity contribution >= 4 is 17.6 Å². The molecule has 0 atom stereocenters. The molecule has 5 nitrogen and oxygen atoms in total. The summed E-state index contributed by atoms with van der Waals surface area (Å²) in [6.45, 7) is 8.29. The first kappa shape index (κ1) is 14.1. The molecule has 102 valence electrons. The van der Waals surface area contributed by atoms with Crippen molar-refractivity contribution < 1.29 is 0 Å². The topological polar surface area (TPSA) is 56.1 Å². The fourth-order valence-electron chi connectivity index (χ4n) is 2.23. The van der Waals surface area contributed by atoms with E-state index < -0.39 is 0 Å². The van der Waals surface area contributed by atoms with E-state index >= 15 is 0 Å². The van der Waals surface area contributed by atoms with Gasteiger partial charge in [0.1, 0.15) is 11.6 Å². The third-order valence-corrected chi connectivity index (χ3v) is 3.96. The molecule has 19 heavy (non-hydrogen) atoms. The van der Waals surface area contributed by atoms with Gasteiger partial charge in [0.2, 0.25) is 0 Å². The monoisotopic (exact) mass is 277 g/mol. The van der Waals surface area contributed by atoms with E-state index in [2.05, 4.69) is 39.7 Å². The average Bonchev–Trinajstić information content (AvgIpc) is 2.46. The van der Waals surface area contributed by atoms with Gasteiger partial charge in [-0.05, 0) is 20.1 Å². The van der Waals surface area contributed by atoms with E-state index in [4.69, 9.17) is 0 Å². The Labute approximate surface area is 118 Å². The third kappa shape index (κ3) is 3.17. The van der Waals surface area contributed by atoms with Crippen molar-refractivity contribution in [2.24, 2.45) is 0 Å². The molecule has 0 aliphatic carbocycles. The van der Waals surface area contributed by atoms with E-state index in [1.165, 1.54) is 11.8 Å². The number of nitrogens with zero attached hydrogens (tertiary/aromatic N) is 5. The van der Waals surface area contributed by atoms with E-state index in [-0.39, 0.29) is 0 Å². The molecule has 0 radical (unpaired) electrons. The van der Waals surface area contributed by atoms with Crippen molar-refractivity contribution in [3.8, 4) is 6.07 Å². The molecule has 1 aliphatic rings. The van der Waals surface area contributed by atoms with Crippen LogP contribution in [0, 0.1) is 11.3 Å². The summed E-state index contributed by atoms with van der Waals surface area (Å²) in [4.78, 5) is 13.3. The van der Waals surface area contributed by atoms with Gasteiger partial charge in [-0.2, -0.15) is 5.26 Å². The van der Waals surface area contributed by atoms with E-state index in [1.54, 1.807) is 6.20 Å². The summed E-state index contributed by atoms with van der Waals surface area (Å²) >= 11 is 1.50. The number of hydrogen-bond donors (Lipinski definition) is 0. The Balaban J connectivity index is 2.16. The van der Waals surface area contributed by atoms with Crippen LogP contribution in [0.4, 0.5) is 5.82 Å². The number of aromatic nitrogens is 2. The first-order chi connectivity index (χ1) is 9.15. The maximum Gasteiger partial charge on any atom is 0.189 e. The molecular formula is C13H19N5S. The van der Waals surface area contributed by atoms with Crippen molar-refractivity contribution in [3.05, 3.63) is 11.8 Å². The summed E-state index contributed by atoms with van der Waals surface area (Å²) in [5.74, 6) is 0.783. The largest absolute Gasteiger partial charge is 0.353 e. The molecule has 0 aromatic carbocycles. The minimum Gasteiger partial charge on any atom is -0.353 e. The number of piperazine rings is 1. The minimum atomic E-state index is 0.566. The van der Waals surface area contributed by atoms with Crippen molar-refractivity contribution in [3.63, 3.8) is 0 Å². The van der Waals surface area contributed by atoms with Crippen LogP contribution in [0.2, 0.25) is 0 Å². The summed E-state index contributed by atoms with van der Waals surface area (Å²) in [5.41, 5.74) is 0.566. The zero-order valence-corrected chi connectivity index (χ0v) is 12.4. The molecule has 0 spiro atoms. The van der Waals surface area contributed by atoms with Crippen LogP contribution < -0.4 is 4.90 Å². The van der Waals surface area contributed by atoms with Crippen molar-refractivity contribution in [2.45, 2.75) is 25.0 Å². The Kier molecular flexibility index (Phi) is 4.61. The quantitative estimate of drug-likeness (QED) is 0.618. The maximum absolute atomic E-state index is 9.18. The number of thioether (sulfide) groups is 1. The molecule has 0 bridgehead atoms. The fraction of sp³-hybridized carbons (Fsp3) is 0.615. The third-order valence-electron chi connectivity index (χ3n) is 3.39. The van der Waals surface area contributed by atoms with Crippen LogP contribution in [-0.4, -0.2) is 53.3 Å². The van der Waals surface area contributed by atoms with Gasteiger partial charge in [-0.3, -0.25) is 4.90 Å². The van der Waals surface area contributed by atoms with Crippen LogP contribution in [0.5, 0.6) is 0 Å². The van der Waals surface area contributed by atoms with Crippen LogP contribution in [0.1, 0.15) is 19.4 Å². The van der Waals surface area contributed by atoms with Gasteiger partial charge in [0, 0.05) is 32.2 Å². The van der Waals surface area contributed by atoms with Gasteiger partial charge in [0.25, 0.3) is 0 Å². The molecule has 1 aliphatic heterocycles. The standard InChI is InChI=1S/C13H19N5S/c1-10(2)17-4-6-18(7-5-17)12-11(8-14)9-15-13(16-12)19-3/h9-10H,4-7H2,1-3H3. The molecule has 1 fully saturated rings. The first-order valence-electron chi connectivity index (χ1n) is 6.46. The lowest BCUT2D eigenvalue weighted by Gasteiger charge is -2.37. The summed E-state index contributed by atoms with van der Waals surface area (Å²) in [6, 6.07) is 2.76. The van der Waals surface area contributed by atoms with Gasteiger partial charge >= 0.3 is 0 Å². The Morgan fingerprint density at radius 3 is 2.53 bits per heavy atom. The Hall–Kier alpha value is -1.32. The number of hydrogen-bond acceptors (Lipinski definition) is 6. The summed E-state index contributed by atoms with van der Waals surface area (Å²) in [7, 11) is 0. The smallest absolute Gasteiger partial charge is 0.189 e. The SMILES string of the molecule is CSc1ncc(C#N)c(N2CCN(C(C)C)CC2)n1. The number of nitriles is 1. The summed E-state index contributed by atoms with van der Waals surface area (Å²) in [5, 5.41) is 9.90. The highest BCUT2D eigenvalue weighted by Crippen LogP contribution is 2.21. The van der Waals surface area contributed by atoms with Gasteiger partial charge in [0.15, 0.2) is 11.0 Å². The predicted molar refractivity (Wildman–Crippen MR) is 77.5 cm³/mol. The van der Waals surface area contributed by atoms with E-state index in [1.807, 2.05) is 6.26 Å². The normalized spacial score (nSPS) is 16.7. The zero-order valence-electron chi connectivity index (χ0n) is 11.6. The van der Waals surface area contributed by atoms with Crippen LogP contribution in [0.25, 0.3) is 0 Å². The van der Waals surface area contributed by atoms with Gasteiger partial charge in [-0.25, -0.2) is 9.97 Å². The lowest BCUT2D eigenvalue weighted by molar-refractivity contribution is 0.209. The molecule has 1 saturated heterocycles. The van der Waals surface area contributed by atoms with Crippen molar-refractivity contribution in [1.82, 2.24) is 14.9 Å². The van der Waals surface area contributed by atoms with Crippen molar-refractivity contribution in [1.29, 1.82) is 5.26 Å². The van der Waals surface area contributed by atoms with Crippen LogP contribution in [0.3, 0.4) is 0 Å².